The van der Waals surface area contributed by atoms with Gasteiger partial charge in [-0.05, 0) is 25.0 Å². The van der Waals surface area contributed by atoms with E-state index in [4.69, 9.17) is 15.2 Å². The Morgan fingerprint density at radius 3 is 2.67 bits per heavy atom. The minimum Gasteiger partial charge on any atom is -0.489 e. The summed E-state index contributed by atoms with van der Waals surface area (Å²) in [5.41, 5.74) is 7.54. The van der Waals surface area contributed by atoms with Gasteiger partial charge in [0.05, 0.1) is 12.3 Å². The SMILES string of the molecule is CCCOCCOc1c(C)cccc1N. The van der Waals surface area contributed by atoms with Crippen LogP contribution < -0.4 is 10.5 Å². The van der Waals surface area contributed by atoms with Crippen molar-refractivity contribution in [2.45, 2.75) is 20.3 Å². The molecule has 0 radical (unpaired) electrons. The Kier molecular flexibility index (Phi) is 4.98. The maximum Gasteiger partial charge on any atom is 0.145 e. The molecule has 2 N–H and O–H groups in total. The van der Waals surface area contributed by atoms with Crippen LogP contribution in [0.2, 0.25) is 0 Å². The molecule has 0 aliphatic carbocycles. The number of aryl methyl sites for hydroxylation is 1. The zero-order valence-corrected chi connectivity index (χ0v) is 9.45. The Hall–Kier alpha value is -1.22. The van der Waals surface area contributed by atoms with Crippen LogP contribution in [0.5, 0.6) is 5.75 Å². The lowest BCUT2D eigenvalue weighted by atomic mass is 10.2. The zero-order valence-electron chi connectivity index (χ0n) is 9.45. The molecular formula is C12H19NO2. The van der Waals surface area contributed by atoms with Crippen LogP contribution in [0.1, 0.15) is 18.9 Å². The van der Waals surface area contributed by atoms with Crippen molar-refractivity contribution < 1.29 is 9.47 Å². The van der Waals surface area contributed by atoms with Crippen molar-refractivity contribution >= 4 is 5.69 Å². The number of ether oxygens (including phenoxy) is 2. The number of benzene rings is 1. The van der Waals surface area contributed by atoms with Gasteiger partial charge in [0.15, 0.2) is 0 Å². The van der Waals surface area contributed by atoms with E-state index in [0.29, 0.717) is 18.9 Å². The lowest BCUT2D eigenvalue weighted by molar-refractivity contribution is 0.101. The van der Waals surface area contributed by atoms with E-state index in [2.05, 4.69) is 6.92 Å². The molecule has 3 heteroatoms. The molecule has 0 saturated heterocycles. The van der Waals surface area contributed by atoms with Crippen LogP contribution in [-0.4, -0.2) is 19.8 Å². The number of nitrogen functional groups attached to an aromatic ring is 1. The molecule has 15 heavy (non-hydrogen) atoms. The summed E-state index contributed by atoms with van der Waals surface area (Å²) in [4.78, 5) is 0. The molecule has 0 heterocycles. The first-order valence-corrected chi connectivity index (χ1v) is 5.31. The summed E-state index contributed by atoms with van der Waals surface area (Å²) >= 11 is 0. The van der Waals surface area contributed by atoms with Crippen molar-refractivity contribution in [3.8, 4) is 5.75 Å². The quantitative estimate of drug-likeness (QED) is 0.578. The Morgan fingerprint density at radius 2 is 2.00 bits per heavy atom. The van der Waals surface area contributed by atoms with Crippen LogP contribution in [-0.2, 0) is 4.74 Å². The fourth-order valence-electron chi connectivity index (χ4n) is 1.32. The van der Waals surface area contributed by atoms with Crippen molar-refractivity contribution in [1.29, 1.82) is 0 Å². The number of nitrogens with two attached hydrogens (primary N) is 1. The third-order valence-corrected chi connectivity index (χ3v) is 2.06. The van der Waals surface area contributed by atoms with Crippen molar-refractivity contribution in [2.75, 3.05) is 25.6 Å². The van der Waals surface area contributed by atoms with Gasteiger partial charge in [-0.1, -0.05) is 19.1 Å². The fourth-order valence-corrected chi connectivity index (χ4v) is 1.32. The van der Waals surface area contributed by atoms with E-state index in [1.54, 1.807) is 0 Å². The molecule has 0 aromatic heterocycles. The van der Waals surface area contributed by atoms with Crippen LogP contribution in [0.15, 0.2) is 18.2 Å². The Balaban J connectivity index is 2.37. The molecule has 1 aromatic carbocycles. The normalized spacial score (nSPS) is 10.3. The van der Waals surface area contributed by atoms with Crippen LogP contribution >= 0.6 is 0 Å². The number of rotatable bonds is 6. The van der Waals surface area contributed by atoms with Crippen LogP contribution in [0.4, 0.5) is 5.69 Å². The van der Waals surface area contributed by atoms with Crippen molar-refractivity contribution in [1.82, 2.24) is 0 Å². The lowest BCUT2D eigenvalue weighted by Crippen LogP contribution is -2.09. The summed E-state index contributed by atoms with van der Waals surface area (Å²) in [5, 5.41) is 0. The van der Waals surface area contributed by atoms with Gasteiger partial charge in [-0.25, -0.2) is 0 Å². The fraction of sp³-hybridized carbons (Fsp3) is 0.500. The second-order valence-corrected chi connectivity index (χ2v) is 3.45. The molecular weight excluding hydrogens is 190 g/mol. The predicted octanol–water partition coefficient (Wildman–Crippen LogP) is 2.38. The number of anilines is 1. The van der Waals surface area contributed by atoms with Crippen LogP contribution in [0.3, 0.4) is 0 Å². The molecule has 3 nitrogen and oxygen atoms in total. The number of hydrogen-bond donors (Lipinski definition) is 1. The van der Waals surface area contributed by atoms with Gasteiger partial charge in [0.2, 0.25) is 0 Å². The van der Waals surface area contributed by atoms with Crippen LogP contribution in [0.25, 0.3) is 0 Å². The molecule has 0 bridgehead atoms. The second kappa shape index (κ2) is 6.30. The molecule has 0 amide bonds. The summed E-state index contributed by atoms with van der Waals surface area (Å²) in [6.45, 7) is 6.02. The maximum absolute atomic E-state index is 5.80. The van der Waals surface area contributed by atoms with E-state index >= 15 is 0 Å². The highest BCUT2D eigenvalue weighted by Gasteiger charge is 2.02. The van der Waals surface area contributed by atoms with Gasteiger partial charge >= 0.3 is 0 Å². The molecule has 1 rings (SSSR count). The molecule has 0 spiro atoms. The predicted molar refractivity (Wildman–Crippen MR) is 62.2 cm³/mol. The standard InChI is InChI=1S/C12H19NO2/c1-3-7-14-8-9-15-12-10(2)5-4-6-11(12)13/h4-6H,3,7-9,13H2,1-2H3. The molecule has 0 aliphatic rings. The molecule has 0 atom stereocenters. The van der Waals surface area contributed by atoms with Crippen molar-refractivity contribution in [3.63, 3.8) is 0 Å². The van der Waals surface area contributed by atoms with Crippen LogP contribution in [0, 0.1) is 6.92 Å². The molecule has 1 aromatic rings. The number of para-hydroxylation sites is 1. The highest BCUT2D eigenvalue weighted by atomic mass is 16.5. The average Bonchev–Trinajstić information content (AvgIpc) is 2.21. The minimum atomic E-state index is 0.551. The summed E-state index contributed by atoms with van der Waals surface area (Å²) in [6.07, 6.45) is 1.03. The second-order valence-electron chi connectivity index (χ2n) is 3.45. The summed E-state index contributed by atoms with van der Waals surface area (Å²) in [6, 6.07) is 5.75. The first-order valence-electron chi connectivity index (χ1n) is 5.31. The van der Waals surface area contributed by atoms with Gasteiger partial charge in [-0.15, -0.1) is 0 Å². The van der Waals surface area contributed by atoms with E-state index in [-0.39, 0.29) is 0 Å². The van der Waals surface area contributed by atoms with Gasteiger partial charge in [-0.2, -0.15) is 0 Å². The van der Waals surface area contributed by atoms with E-state index < -0.39 is 0 Å². The third kappa shape index (κ3) is 3.80. The van der Waals surface area contributed by atoms with E-state index in [0.717, 1.165) is 24.3 Å². The Labute approximate surface area is 91.2 Å². The summed E-state index contributed by atoms with van der Waals surface area (Å²) in [5.74, 6) is 0.776. The molecule has 0 fully saturated rings. The largest absolute Gasteiger partial charge is 0.489 e. The van der Waals surface area contributed by atoms with Crippen molar-refractivity contribution in [2.24, 2.45) is 0 Å². The third-order valence-electron chi connectivity index (χ3n) is 2.06. The highest BCUT2D eigenvalue weighted by molar-refractivity contribution is 5.56. The topological polar surface area (TPSA) is 44.5 Å². The van der Waals surface area contributed by atoms with Gasteiger partial charge in [0, 0.05) is 6.61 Å². The summed E-state index contributed by atoms with van der Waals surface area (Å²) in [7, 11) is 0. The summed E-state index contributed by atoms with van der Waals surface area (Å²) < 4.78 is 10.9. The van der Waals surface area contributed by atoms with Gasteiger partial charge in [0.1, 0.15) is 12.4 Å². The maximum atomic E-state index is 5.80. The first-order chi connectivity index (χ1) is 7.25. The van der Waals surface area contributed by atoms with E-state index in [1.165, 1.54) is 0 Å². The molecule has 84 valence electrons. The monoisotopic (exact) mass is 209 g/mol. The van der Waals surface area contributed by atoms with Gasteiger partial charge < -0.3 is 15.2 Å². The zero-order chi connectivity index (χ0) is 11.1. The smallest absolute Gasteiger partial charge is 0.145 e. The Bertz CT molecular complexity index is 279. The molecule has 0 saturated carbocycles. The minimum absolute atomic E-state index is 0.551. The first kappa shape index (κ1) is 11.9. The number of hydrogen-bond acceptors (Lipinski definition) is 3. The molecule has 0 unspecified atom stereocenters. The van der Waals surface area contributed by atoms with E-state index in [1.807, 2.05) is 25.1 Å². The van der Waals surface area contributed by atoms with Gasteiger partial charge in [-0.3, -0.25) is 0 Å². The average molecular weight is 209 g/mol. The van der Waals surface area contributed by atoms with Gasteiger partial charge in [0.25, 0.3) is 0 Å². The van der Waals surface area contributed by atoms with E-state index in [9.17, 15) is 0 Å². The van der Waals surface area contributed by atoms with Crippen molar-refractivity contribution in [3.05, 3.63) is 23.8 Å². The Morgan fingerprint density at radius 1 is 1.20 bits per heavy atom. The lowest BCUT2D eigenvalue weighted by Gasteiger charge is -2.11. The molecule has 0 aliphatic heterocycles. The highest BCUT2D eigenvalue weighted by Crippen LogP contribution is 2.24.